The number of rotatable bonds is 5. The van der Waals surface area contributed by atoms with Gasteiger partial charge < -0.3 is 24.6 Å². The highest BCUT2D eigenvalue weighted by Crippen LogP contribution is 2.31. The highest BCUT2D eigenvalue weighted by atomic mass is 32.2. The lowest BCUT2D eigenvalue weighted by Gasteiger charge is -2.45. The van der Waals surface area contributed by atoms with Gasteiger partial charge in [0.25, 0.3) is 5.91 Å². The Morgan fingerprint density at radius 2 is 1.89 bits per heavy atom. The van der Waals surface area contributed by atoms with Crippen molar-refractivity contribution in [3.8, 4) is 0 Å². The molecule has 11 nitrogen and oxygen atoms in total. The van der Waals surface area contributed by atoms with Gasteiger partial charge in [0.2, 0.25) is 10.0 Å². The van der Waals surface area contributed by atoms with E-state index in [1.807, 2.05) is 13.8 Å². The number of anilines is 1. The Balaban J connectivity index is 1.60. The lowest BCUT2D eigenvalue weighted by atomic mass is 9.93. The Bertz CT molecular complexity index is 1220. The molecule has 0 aliphatic carbocycles. The van der Waals surface area contributed by atoms with Crippen LogP contribution >= 0.6 is 0 Å². The number of hydrogen-bond donors (Lipinski definition) is 2. The predicted octanol–water partition coefficient (Wildman–Crippen LogP) is 0.449. The fourth-order valence-electron chi connectivity index (χ4n) is 5.01. The molecule has 5 rings (SSSR count). The van der Waals surface area contributed by atoms with Gasteiger partial charge in [0.1, 0.15) is 10.6 Å². The number of carbonyl (C=O) groups is 1. The molecule has 0 radical (unpaired) electrons. The maximum Gasteiger partial charge on any atom is 0.272 e. The van der Waals surface area contributed by atoms with E-state index >= 15 is 0 Å². The highest BCUT2D eigenvalue weighted by molar-refractivity contribution is 7.89. The van der Waals surface area contributed by atoms with Crippen LogP contribution in [0, 0.1) is 0 Å². The lowest BCUT2D eigenvalue weighted by molar-refractivity contribution is -0.120. The number of imidazole rings is 1. The SMILES string of the molecule is CC1OCC1(C)NS(=O)(=O)c1cc(N2C[C@H](C)N[C@@H](C)C2)c2ncc(C(=O)N3CCOCC3)n2c1. The van der Waals surface area contributed by atoms with E-state index in [0.717, 1.165) is 0 Å². The third kappa shape index (κ3) is 4.53. The molecule has 4 atom stereocenters. The van der Waals surface area contributed by atoms with Crippen LogP contribution in [0.1, 0.15) is 38.2 Å². The summed E-state index contributed by atoms with van der Waals surface area (Å²) in [6.07, 6.45) is 2.81. The van der Waals surface area contributed by atoms with E-state index in [1.54, 1.807) is 21.6 Å². The fourth-order valence-corrected chi connectivity index (χ4v) is 6.48. The molecule has 3 aliphatic rings. The Labute approximate surface area is 205 Å². The predicted molar refractivity (Wildman–Crippen MR) is 130 cm³/mol. The van der Waals surface area contributed by atoms with Crippen molar-refractivity contribution in [2.24, 2.45) is 0 Å². The van der Waals surface area contributed by atoms with Crippen molar-refractivity contribution >= 4 is 27.3 Å². The third-order valence-corrected chi connectivity index (χ3v) is 8.76. The maximum absolute atomic E-state index is 13.6. The Morgan fingerprint density at radius 1 is 1.20 bits per heavy atom. The third-order valence-electron chi connectivity index (χ3n) is 7.19. The van der Waals surface area contributed by atoms with Gasteiger partial charge in [-0.1, -0.05) is 0 Å². The number of amides is 1. The van der Waals surface area contributed by atoms with Gasteiger partial charge in [0, 0.05) is 44.5 Å². The van der Waals surface area contributed by atoms with E-state index in [0.29, 0.717) is 63.0 Å². The van der Waals surface area contributed by atoms with Gasteiger partial charge in [-0.3, -0.25) is 9.20 Å². The molecule has 5 heterocycles. The molecule has 0 saturated carbocycles. The number of fused-ring (bicyclic) bond motifs is 1. The Kier molecular flexibility index (Phi) is 6.29. The monoisotopic (exact) mass is 506 g/mol. The maximum atomic E-state index is 13.6. The largest absolute Gasteiger partial charge is 0.378 e. The highest BCUT2D eigenvalue weighted by Gasteiger charge is 2.45. The zero-order valence-electron chi connectivity index (χ0n) is 20.7. The number of piperazine rings is 1. The van der Waals surface area contributed by atoms with Gasteiger partial charge in [-0.15, -0.1) is 0 Å². The minimum atomic E-state index is -3.90. The molecule has 2 N–H and O–H groups in total. The van der Waals surface area contributed by atoms with Gasteiger partial charge in [-0.2, -0.15) is 0 Å². The summed E-state index contributed by atoms with van der Waals surface area (Å²) in [6.45, 7) is 11.5. The first-order valence-corrected chi connectivity index (χ1v) is 13.6. The molecule has 1 amide bonds. The number of aromatic nitrogens is 2. The van der Waals surface area contributed by atoms with Crippen LogP contribution in [0.15, 0.2) is 23.4 Å². The average Bonchev–Trinajstić information content (AvgIpc) is 3.25. The summed E-state index contributed by atoms with van der Waals surface area (Å²) >= 11 is 0. The summed E-state index contributed by atoms with van der Waals surface area (Å²) in [5.74, 6) is -0.190. The van der Waals surface area contributed by atoms with Crippen LogP contribution in [-0.2, 0) is 19.5 Å². The molecule has 3 saturated heterocycles. The first-order chi connectivity index (χ1) is 16.6. The molecule has 0 bridgehead atoms. The van der Waals surface area contributed by atoms with Crippen molar-refractivity contribution in [2.45, 2.75) is 56.3 Å². The van der Waals surface area contributed by atoms with Crippen LogP contribution < -0.4 is 14.9 Å². The van der Waals surface area contributed by atoms with Gasteiger partial charge >= 0.3 is 0 Å². The molecule has 12 heteroatoms. The van der Waals surface area contributed by atoms with Crippen LogP contribution in [0.2, 0.25) is 0 Å². The standard InChI is InChI=1S/C23H34N6O5S/c1-15-11-28(12-16(2)25-15)19-9-18(35(31,32)26-23(4)14-34-17(23)3)13-29-20(10-24-21(19)29)22(30)27-5-7-33-8-6-27/h9-10,13,15-17,25-26H,5-8,11-12,14H2,1-4H3/t15-,16-,17?,23?/m0/s1. The molecular weight excluding hydrogens is 472 g/mol. The second-order valence-corrected chi connectivity index (χ2v) is 11.8. The van der Waals surface area contributed by atoms with Crippen molar-refractivity contribution in [1.82, 2.24) is 24.3 Å². The lowest BCUT2D eigenvalue weighted by Crippen LogP contribution is -2.65. The fraction of sp³-hybridized carbons (Fsp3) is 0.652. The van der Waals surface area contributed by atoms with Crippen molar-refractivity contribution in [3.05, 3.63) is 24.2 Å². The van der Waals surface area contributed by atoms with E-state index in [9.17, 15) is 13.2 Å². The summed E-state index contributed by atoms with van der Waals surface area (Å²) < 4.78 is 42.4. The molecular formula is C23H34N6O5S. The molecule has 35 heavy (non-hydrogen) atoms. The van der Waals surface area contributed by atoms with E-state index < -0.39 is 15.6 Å². The topological polar surface area (TPSA) is 118 Å². The molecule has 0 aromatic carbocycles. The number of nitrogens with one attached hydrogen (secondary N) is 2. The second-order valence-electron chi connectivity index (χ2n) is 10.2. The normalized spacial score (nSPS) is 29.9. The summed E-state index contributed by atoms with van der Waals surface area (Å²) in [5, 5.41) is 3.50. The van der Waals surface area contributed by atoms with E-state index in [4.69, 9.17) is 9.47 Å². The minimum Gasteiger partial charge on any atom is -0.378 e. The molecule has 3 aliphatic heterocycles. The smallest absolute Gasteiger partial charge is 0.272 e. The summed E-state index contributed by atoms with van der Waals surface area (Å²) in [6, 6.07) is 2.10. The molecule has 3 fully saturated rings. The van der Waals surface area contributed by atoms with Crippen LogP contribution in [0.3, 0.4) is 0 Å². The number of carbonyl (C=O) groups excluding carboxylic acids is 1. The molecule has 0 spiro atoms. The van der Waals surface area contributed by atoms with Crippen molar-refractivity contribution in [3.63, 3.8) is 0 Å². The number of hydrogen-bond acceptors (Lipinski definition) is 8. The molecule has 2 unspecified atom stereocenters. The number of pyridine rings is 1. The molecule has 2 aromatic rings. The zero-order valence-corrected chi connectivity index (χ0v) is 21.5. The molecule has 192 valence electrons. The number of nitrogens with zero attached hydrogens (tertiary/aromatic N) is 4. The number of morpholine rings is 1. The van der Waals surface area contributed by atoms with Gasteiger partial charge in [0.05, 0.1) is 43.3 Å². The number of ether oxygens (including phenoxy) is 2. The summed E-state index contributed by atoms with van der Waals surface area (Å²) in [5.41, 5.74) is 0.904. The quantitative estimate of drug-likeness (QED) is 0.600. The van der Waals surface area contributed by atoms with Crippen molar-refractivity contribution in [1.29, 1.82) is 0 Å². The van der Waals surface area contributed by atoms with Gasteiger partial charge in [-0.25, -0.2) is 18.1 Å². The van der Waals surface area contributed by atoms with Crippen LogP contribution in [0.4, 0.5) is 5.69 Å². The summed E-state index contributed by atoms with van der Waals surface area (Å²) in [4.78, 5) is 21.9. The van der Waals surface area contributed by atoms with Crippen molar-refractivity contribution < 1.29 is 22.7 Å². The number of sulfonamides is 1. The first kappa shape index (κ1) is 24.4. The van der Waals surface area contributed by atoms with Crippen LogP contribution in [0.5, 0.6) is 0 Å². The van der Waals surface area contributed by atoms with Gasteiger partial charge in [0.15, 0.2) is 5.65 Å². The molecule has 2 aromatic heterocycles. The summed E-state index contributed by atoms with van der Waals surface area (Å²) in [7, 11) is -3.90. The van der Waals surface area contributed by atoms with Crippen molar-refractivity contribution in [2.75, 3.05) is 50.9 Å². The Morgan fingerprint density at radius 3 is 2.49 bits per heavy atom. The van der Waals surface area contributed by atoms with Crippen LogP contribution in [-0.4, -0.2) is 98.3 Å². The van der Waals surface area contributed by atoms with E-state index in [1.165, 1.54) is 6.20 Å². The van der Waals surface area contributed by atoms with Crippen LogP contribution in [0.25, 0.3) is 5.65 Å². The average molecular weight is 507 g/mol. The van der Waals surface area contributed by atoms with E-state index in [2.05, 4.69) is 33.8 Å². The van der Waals surface area contributed by atoms with Gasteiger partial charge in [-0.05, 0) is 33.8 Å². The second kappa shape index (κ2) is 9.00. The minimum absolute atomic E-state index is 0.0909. The first-order valence-electron chi connectivity index (χ1n) is 12.1. The zero-order chi connectivity index (χ0) is 25.0. The van der Waals surface area contributed by atoms with E-state index in [-0.39, 0.29) is 29.0 Å². The Hall–Kier alpha value is -2.25.